The van der Waals surface area contributed by atoms with Gasteiger partial charge in [-0.15, -0.1) is 20.4 Å². The summed E-state index contributed by atoms with van der Waals surface area (Å²) < 4.78 is 0.634. The van der Waals surface area contributed by atoms with Crippen LogP contribution in [0.25, 0.3) is 0 Å². The Labute approximate surface area is 367 Å². The van der Waals surface area contributed by atoms with E-state index in [1.165, 1.54) is 120 Å². The van der Waals surface area contributed by atoms with Crippen LogP contribution in [0.3, 0.4) is 0 Å². The van der Waals surface area contributed by atoms with E-state index in [4.69, 9.17) is 0 Å². The molecule has 10 rings (SSSR count). The van der Waals surface area contributed by atoms with E-state index in [1.54, 1.807) is 29.8 Å². The lowest BCUT2D eigenvalue weighted by atomic mass is 9.99. The van der Waals surface area contributed by atoms with Gasteiger partial charge in [0, 0.05) is 94.5 Å². The smallest absolute Gasteiger partial charge is 0.225 e. The maximum Gasteiger partial charge on any atom is 0.225 e. The molecule has 10 heterocycles. The first-order valence-corrected chi connectivity index (χ1v) is 24.9. The Kier molecular flexibility index (Phi) is 16.1. The van der Waals surface area contributed by atoms with Crippen LogP contribution in [0, 0.1) is 0 Å². The minimum absolute atomic E-state index is 0.435. The minimum Gasteiger partial charge on any atom is -0.347 e. The molecule has 0 amide bonds. The second-order valence-corrected chi connectivity index (χ2v) is 19.6. The van der Waals surface area contributed by atoms with Gasteiger partial charge in [-0.05, 0) is 138 Å². The van der Waals surface area contributed by atoms with Gasteiger partial charge in [0.15, 0.2) is 4.73 Å². The van der Waals surface area contributed by atoms with Crippen LogP contribution in [0.1, 0.15) is 112 Å². The lowest BCUT2D eigenvalue weighted by molar-refractivity contribution is 0.141. The number of nitrogens with one attached hydrogen (secondary N) is 1. The molecule has 0 spiro atoms. The van der Waals surface area contributed by atoms with Crippen molar-refractivity contribution in [3.8, 4) is 0 Å². The molecule has 4 aromatic rings. The summed E-state index contributed by atoms with van der Waals surface area (Å²) in [7, 11) is 0. The third-order valence-corrected chi connectivity index (χ3v) is 15.6. The van der Waals surface area contributed by atoms with Gasteiger partial charge in [-0.2, -0.15) is 0 Å². The van der Waals surface area contributed by atoms with E-state index in [-0.39, 0.29) is 0 Å². The van der Waals surface area contributed by atoms with Crippen LogP contribution in [0.5, 0.6) is 0 Å². The number of halogens is 1. The van der Waals surface area contributed by atoms with E-state index in [1.807, 2.05) is 29.8 Å². The number of nitrogens with zero attached hydrogens (tertiary/aromatic N) is 13. The van der Waals surface area contributed by atoms with Crippen LogP contribution >= 0.6 is 38.6 Å². The molecular weight excluding hydrogens is 845 g/mol. The second kappa shape index (κ2) is 22.2. The van der Waals surface area contributed by atoms with Gasteiger partial charge in [-0.25, -0.2) is 19.9 Å². The van der Waals surface area contributed by atoms with E-state index >= 15 is 0 Å². The molecule has 4 aromatic heterocycles. The van der Waals surface area contributed by atoms with E-state index in [0.29, 0.717) is 16.6 Å². The predicted molar refractivity (Wildman–Crippen MR) is 242 cm³/mol. The molecular formula is C42H63BrN14S2. The summed E-state index contributed by atoms with van der Waals surface area (Å²) in [5.41, 5.74) is 0. The molecule has 1 N–H and O–H groups in total. The molecule has 320 valence electrons. The fourth-order valence-corrected chi connectivity index (χ4v) is 11.9. The molecule has 0 aliphatic carbocycles. The Bertz CT molecular complexity index is 1770. The topological polar surface area (TPSA) is 131 Å². The number of rotatable bonds is 7. The highest BCUT2D eigenvalue weighted by Gasteiger charge is 2.31. The summed E-state index contributed by atoms with van der Waals surface area (Å²) in [5.74, 6) is 1.85. The van der Waals surface area contributed by atoms with Gasteiger partial charge in [-0.1, -0.05) is 35.5 Å². The number of anilines is 3. The second-order valence-electron chi connectivity index (χ2n) is 16.9. The van der Waals surface area contributed by atoms with Crippen molar-refractivity contribution in [3.05, 3.63) is 51.7 Å². The van der Waals surface area contributed by atoms with Crippen LogP contribution in [-0.4, -0.2) is 141 Å². The van der Waals surface area contributed by atoms with Gasteiger partial charge in [0.25, 0.3) is 0 Å². The molecule has 2 atom stereocenters. The Balaban J connectivity index is 0.000000144. The zero-order chi connectivity index (χ0) is 40.1. The predicted octanol–water partition coefficient (Wildman–Crippen LogP) is 6.87. The van der Waals surface area contributed by atoms with E-state index in [0.717, 1.165) is 87.1 Å². The Morgan fingerprint density at radius 3 is 1.51 bits per heavy atom. The zero-order valence-electron chi connectivity index (χ0n) is 34.7. The normalized spacial score (nSPS) is 24.2. The SMILES string of the molecule is Brc1ncccn1.C1CCN(C2CCN(c3nnc([C@H]4CCCNC4)s3)CC2)CC1.c1cnc(N2CCC[C@H](c3nnc(N4CCC(N5CCCCC5)CC4)s3)C2)nc1. The maximum absolute atomic E-state index is 4.60. The molecule has 14 nitrogen and oxygen atoms in total. The number of hydrogen-bond donors (Lipinski definition) is 1. The molecule has 6 saturated heterocycles. The fourth-order valence-electron chi connectivity index (χ4n) is 9.61. The number of aromatic nitrogens is 8. The average molecular weight is 908 g/mol. The maximum atomic E-state index is 4.60. The summed E-state index contributed by atoms with van der Waals surface area (Å²) in [6, 6.07) is 5.22. The Morgan fingerprint density at radius 2 is 1.02 bits per heavy atom. The van der Waals surface area contributed by atoms with Crippen molar-refractivity contribution in [2.45, 2.75) is 114 Å². The van der Waals surface area contributed by atoms with Gasteiger partial charge in [0.05, 0.1) is 0 Å². The summed E-state index contributed by atoms with van der Waals surface area (Å²) in [5, 5.41) is 26.4. The Hall–Kier alpha value is -2.96. The molecule has 17 heteroatoms. The summed E-state index contributed by atoms with van der Waals surface area (Å²) >= 11 is 6.72. The van der Waals surface area contributed by atoms with Gasteiger partial charge in [-0.3, -0.25) is 0 Å². The molecule has 6 aliphatic heterocycles. The third kappa shape index (κ3) is 12.1. The molecule has 59 heavy (non-hydrogen) atoms. The van der Waals surface area contributed by atoms with Gasteiger partial charge < -0.3 is 29.8 Å². The van der Waals surface area contributed by atoms with Crippen LogP contribution in [0.4, 0.5) is 16.2 Å². The lowest BCUT2D eigenvalue weighted by Gasteiger charge is -2.40. The lowest BCUT2D eigenvalue weighted by Crippen LogP contribution is -2.46. The van der Waals surface area contributed by atoms with Crippen molar-refractivity contribution in [1.29, 1.82) is 0 Å². The fraction of sp³-hybridized carbons (Fsp3) is 0.714. The number of piperidine rings is 6. The summed E-state index contributed by atoms with van der Waals surface area (Å²) in [6.45, 7) is 14.0. The van der Waals surface area contributed by atoms with E-state index < -0.39 is 0 Å². The van der Waals surface area contributed by atoms with Crippen LogP contribution in [-0.2, 0) is 0 Å². The van der Waals surface area contributed by atoms with Gasteiger partial charge in [0.1, 0.15) is 10.0 Å². The average Bonchev–Trinajstić information content (AvgIpc) is 4.03. The van der Waals surface area contributed by atoms with Crippen molar-refractivity contribution in [2.24, 2.45) is 0 Å². The summed E-state index contributed by atoms with van der Waals surface area (Å²) in [4.78, 5) is 29.1. The molecule has 0 unspecified atom stereocenters. The monoisotopic (exact) mass is 906 g/mol. The van der Waals surface area contributed by atoms with Crippen molar-refractivity contribution in [1.82, 2.24) is 55.4 Å². The number of likely N-dealkylation sites (tertiary alicyclic amines) is 2. The Morgan fingerprint density at radius 1 is 0.508 bits per heavy atom. The molecule has 0 saturated carbocycles. The first-order chi connectivity index (χ1) is 29.2. The number of hydrogen-bond acceptors (Lipinski definition) is 16. The third-order valence-electron chi connectivity index (χ3n) is 12.9. The molecule has 0 bridgehead atoms. The van der Waals surface area contributed by atoms with Gasteiger partial charge in [0.2, 0.25) is 16.2 Å². The highest BCUT2D eigenvalue weighted by Crippen LogP contribution is 2.35. The first-order valence-electron chi connectivity index (χ1n) is 22.5. The minimum atomic E-state index is 0.435. The largest absolute Gasteiger partial charge is 0.347 e. The van der Waals surface area contributed by atoms with Crippen molar-refractivity contribution < 1.29 is 0 Å². The van der Waals surface area contributed by atoms with Crippen LogP contribution in [0.15, 0.2) is 41.7 Å². The molecule has 6 aliphatic rings. The van der Waals surface area contributed by atoms with Gasteiger partial charge >= 0.3 is 0 Å². The first kappa shape index (κ1) is 42.7. The van der Waals surface area contributed by atoms with E-state index in [9.17, 15) is 0 Å². The quantitative estimate of drug-likeness (QED) is 0.194. The van der Waals surface area contributed by atoms with Crippen LogP contribution in [0.2, 0.25) is 0 Å². The summed E-state index contributed by atoms with van der Waals surface area (Å²) in [6.07, 6.45) is 25.4. The zero-order valence-corrected chi connectivity index (χ0v) is 37.9. The molecule has 0 aromatic carbocycles. The van der Waals surface area contributed by atoms with Crippen molar-refractivity contribution in [3.63, 3.8) is 0 Å². The van der Waals surface area contributed by atoms with Crippen LogP contribution < -0.4 is 20.0 Å². The molecule has 0 radical (unpaired) electrons. The van der Waals surface area contributed by atoms with Crippen molar-refractivity contribution >= 4 is 54.8 Å². The standard InChI is InChI=1S/C21H31N7S.C17H29N5S.C4H3BrN2/c1-2-11-26(12-3-1)18-7-14-27(15-8-18)21-25-24-19(29-21)17-6-4-13-28(16-17)20-22-9-5-10-23-20;1-2-9-21(10-3-1)15-6-11-22(12-7-15)17-20-19-16(23-17)14-5-4-8-18-13-14;5-4-6-2-1-3-7-4/h5,9-10,17-18H,1-4,6-8,11-16H2;14-15,18H,1-13H2;1-3H/t17-;14-;/m00./s1. The highest BCUT2D eigenvalue weighted by molar-refractivity contribution is 9.10. The van der Waals surface area contributed by atoms with Crippen molar-refractivity contribution in [2.75, 3.05) is 93.2 Å². The van der Waals surface area contributed by atoms with E-state index in [2.05, 4.69) is 86.1 Å². The molecule has 6 fully saturated rings. The highest BCUT2D eigenvalue weighted by atomic mass is 79.9.